The van der Waals surface area contributed by atoms with E-state index in [2.05, 4.69) is 69.3 Å². The summed E-state index contributed by atoms with van der Waals surface area (Å²) in [5, 5.41) is 36.8. The average molecular weight is 1310 g/mol. The van der Waals surface area contributed by atoms with Gasteiger partial charge in [-0.25, -0.2) is 4.79 Å². The standard InChI is InChI=1S/C74H107NO17Si/c1-46-24-16-13-17-25-47(2)60(86-36-37-87-63-44-88-68-64(45-89-67(63)68)92-93(73(8,9)10,55-26-18-14-19-27-55)56-28-20-15-21-29-56)42-54-33-31-52(7)74(83,91-54)70(80)71(81)75-35-23-22-30-57(75)72(82)90-61(49(4)40-53-32-34-58(76)62(41-53)84-11)43-59(77)48(3)39-51(6)66(79)69(85-12)65(78)50(5)38-46/h13-21,24-29,39,46,48-50,52-54,57-58,60-64,66-69,76,79,83H,22-23,30-38,40-45H2,1-12H3/b17-13+,24-16+,47-25+,51-39+/t46-,48-,49-,50-,52-,53+,54+,57+,58-,60?,61+,62-,63-,64+,66-,67-,68-,69+,74-/m1/s1. The number of methoxy groups -OCH3 is 2. The van der Waals surface area contributed by atoms with Crippen LogP contribution in [0.1, 0.15) is 146 Å². The van der Waals surface area contributed by atoms with Crippen LogP contribution >= 0.6 is 0 Å². The number of ketones is 3. The predicted octanol–water partition coefficient (Wildman–Crippen LogP) is 8.68. The number of Topliss-reactive ketones (excluding diaryl/α,β-unsaturated/α-hetero) is 3. The number of amides is 1. The number of nitrogens with zero attached hydrogens (tertiary/aromatic N) is 1. The molecule has 2 aromatic rings. The number of aliphatic hydroxyl groups excluding tert-OH is 2. The van der Waals surface area contributed by atoms with Crippen LogP contribution in [-0.2, 0) is 66.3 Å². The third kappa shape index (κ3) is 17.8. The number of esters is 1. The minimum absolute atomic E-state index is 0.0405. The Balaban J connectivity index is 1.01. The first kappa shape index (κ1) is 73.9. The van der Waals surface area contributed by atoms with Gasteiger partial charge in [-0.05, 0) is 122 Å². The molecule has 514 valence electrons. The third-order valence-electron chi connectivity index (χ3n) is 20.6. The summed E-state index contributed by atoms with van der Waals surface area (Å²) >= 11 is 0. The number of carbonyl (C=O) groups is 5. The van der Waals surface area contributed by atoms with Crippen molar-refractivity contribution in [1.82, 2.24) is 4.90 Å². The van der Waals surface area contributed by atoms with Crippen LogP contribution in [0, 0.1) is 35.5 Å². The lowest BCUT2D eigenvalue weighted by Crippen LogP contribution is -2.68. The van der Waals surface area contributed by atoms with Crippen LogP contribution in [0.4, 0.5) is 0 Å². The molecule has 1 saturated carbocycles. The summed E-state index contributed by atoms with van der Waals surface area (Å²) in [4.78, 5) is 73.7. The van der Waals surface area contributed by atoms with Crippen molar-refractivity contribution in [2.75, 3.05) is 47.2 Å². The Hall–Kier alpha value is -4.87. The number of hydrogen-bond acceptors (Lipinski definition) is 17. The first-order valence-corrected chi connectivity index (χ1v) is 36.1. The summed E-state index contributed by atoms with van der Waals surface area (Å²) in [6.45, 7) is 20.5. The zero-order valence-electron chi connectivity index (χ0n) is 57.2. The fourth-order valence-corrected chi connectivity index (χ4v) is 19.7. The maximum Gasteiger partial charge on any atom is 0.329 e. The maximum atomic E-state index is 14.8. The van der Waals surface area contributed by atoms with Crippen LogP contribution < -0.4 is 10.4 Å². The van der Waals surface area contributed by atoms with E-state index in [-0.39, 0.29) is 97.8 Å². The molecule has 6 aliphatic rings. The van der Waals surface area contributed by atoms with Crippen molar-refractivity contribution in [1.29, 1.82) is 0 Å². The van der Waals surface area contributed by atoms with Crippen molar-refractivity contribution in [3.05, 3.63) is 108 Å². The maximum absolute atomic E-state index is 14.8. The van der Waals surface area contributed by atoms with Gasteiger partial charge in [-0.2, -0.15) is 0 Å². The molecule has 8 rings (SSSR count). The fraction of sp³-hybridized carbons (Fsp3) is 0.662. The minimum Gasteiger partial charge on any atom is -0.460 e. The largest absolute Gasteiger partial charge is 0.460 e. The third-order valence-corrected chi connectivity index (χ3v) is 25.7. The number of hydrogen-bond donors (Lipinski definition) is 3. The van der Waals surface area contributed by atoms with Gasteiger partial charge in [-0.1, -0.05) is 153 Å². The van der Waals surface area contributed by atoms with Gasteiger partial charge in [0.05, 0.1) is 56.9 Å². The molecule has 19 heteroatoms. The molecule has 1 unspecified atom stereocenters. The van der Waals surface area contributed by atoms with Gasteiger partial charge in [0.1, 0.15) is 48.4 Å². The lowest BCUT2D eigenvalue weighted by atomic mass is 9.78. The first-order chi connectivity index (χ1) is 44.3. The Morgan fingerprint density at radius 1 is 0.742 bits per heavy atom. The summed E-state index contributed by atoms with van der Waals surface area (Å²) in [5.41, 5.74) is 1.19. The summed E-state index contributed by atoms with van der Waals surface area (Å²) < 4.78 is 57.8. The van der Waals surface area contributed by atoms with Gasteiger partial charge >= 0.3 is 5.97 Å². The molecule has 1 amide bonds. The Morgan fingerprint density at radius 3 is 2.05 bits per heavy atom. The molecule has 2 aromatic carbocycles. The van der Waals surface area contributed by atoms with Crippen molar-refractivity contribution in [3.63, 3.8) is 0 Å². The Bertz CT molecular complexity index is 2890. The molecule has 4 saturated heterocycles. The van der Waals surface area contributed by atoms with Crippen molar-refractivity contribution in [3.8, 4) is 0 Å². The van der Waals surface area contributed by atoms with Crippen LogP contribution in [0.2, 0.25) is 5.04 Å². The van der Waals surface area contributed by atoms with E-state index >= 15 is 0 Å². The second kappa shape index (κ2) is 33.4. The zero-order valence-corrected chi connectivity index (χ0v) is 58.2. The number of ether oxygens (including phenoxy) is 8. The Labute approximate surface area is 553 Å². The lowest BCUT2D eigenvalue weighted by Gasteiger charge is -2.45. The molecular formula is C74H107NO17Si. The quantitative estimate of drug-likeness (QED) is 0.0528. The van der Waals surface area contributed by atoms with E-state index in [0.717, 1.165) is 5.57 Å². The molecule has 0 aromatic heterocycles. The number of allylic oxidation sites excluding steroid dienone is 6. The highest BCUT2D eigenvalue weighted by atomic mass is 28.4. The number of piperidine rings is 1. The highest BCUT2D eigenvalue weighted by Crippen LogP contribution is 2.42. The van der Waals surface area contributed by atoms with Crippen molar-refractivity contribution < 1.29 is 81.6 Å². The molecule has 18 nitrogen and oxygen atoms in total. The van der Waals surface area contributed by atoms with Gasteiger partial charge in [0, 0.05) is 51.4 Å². The summed E-state index contributed by atoms with van der Waals surface area (Å²) in [5.74, 6) is -8.46. The Morgan fingerprint density at radius 2 is 1.40 bits per heavy atom. The van der Waals surface area contributed by atoms with Crippen molar-refractivity contribution in [2.24, 2.45) is 35.5 Å². The number of carbonyl (C=O) groups excluding carboxylic acids is 5. The van der Waals surface area contributed by atoms with Gasteiger partial charge < -0.3 is 62.5 Å². The molecule has 2 bridgehead atoms. The summed E-state index contributed by atoms with van der Waals surface area (Å²) in [6.07, 6.45) is 8.83. The molecule has 0 spiro atoms. The van der Waals surface area contributed by atoms with E-state index in [4.69, 9.17) is 42.3 Å². The minimum atomic E-state index is -2.93. The van der Waals surface area contributed by atoms with E-state index in [1.165, 1.54) is 22.4 Å². The first-order valence-electron chi connectivity index (χ1n) is 34.2. The number of cyclic esters (lactones) is 1. The second-order valence-corrected chi connectivity index (χ2v) is 32.8. The number of benzene rings is 2. The number of aliphatic hydroxyl groups is 3. The zero-order chi connectivity index (χ0) is 67.4. The predicted molar refractivity (Wildman–Crippen MR) is 356 cm³/mol. The van der Waals surface area contributed by atoms with Gasteiger partial charge in [0.15, 0.2) is 5.78 Å². The number of fused-ring (bicyclic) bond motifs is 4. The van der Waals surface area contributed by atoms with Gasteiger partial charge in [-0.15, -0.1) is 0 Å². The lowest BCUT2D eigenvalue weighted by molar-refractivity contribution is -0.266. The Kier molecular flexibility index (Phi) is 26.5. The van der Waals surface area contributed by atoms with E-state index in [1.807, 2.05) is 70.2 Å². The molecule has 1 aliphatic carbocycles. The van der Waals surface area contributed by atoms with Gasteiger partial charge in [0.2, 0.25) is 5.79 Å². The van der Waals surface area contributed by atoms with Crippen molar-refractivity contribution in [2.45, 2.75) is 230 Å². The average Bonchev–Trinajstić information content (AvgIpc) is 1.71. The monoisotopic (exact) mass is 1310 g/mol. The normalized spacial score (nSPS) is 36.8. The molecule has 5 aliphatic heterocycles. The fourth-order valence-electron chi connectivity index (χ4n) is 15.0. The molecule has 5 heterocycles. The van der Waals surface area contributed by atoms with Crippen LogP contribution in [0.25, 0.3) is 0 Å². The van der Waals surface area contributed by atoms with Crippen LogP contribution in [0.15, 0.2) is 108 Å². The number of rotatable bonds is 14. The molecule has 93 heavy (non-hydrogen) atoms. The molecule has 19 atom stereocenters. The molecule has 3 N–H and O–H groups in total. The molecule has 0 radical (unpaired) electrons. The van der Waals surface area contributed by atoms with Crippen LogP contribution in [0.3, 0.4) is 0 Å². The highest BCUT2D eigenvalue weighted by Gasteiger charge is 2.57. The summed E-state index contributed by atoms with van der Waals surface area (Å²) in [6, 6.07) is 19.8. The van der Waals surface area contributed by atoms with E-state index in [0.29, 0.717) is 76.6 Å². The van der Waals surface area contributed by atoms with Gasteiger partial charge in [-0.3, -0.25) is 19.2 Å². The smallest absolute Gasteiger partial charge is 0.329 e. The summed E-state index contributed by atoms with van der Waals surface area (Å²) in [7, 11) is 0.0216. The van der Waals surface area contributed by atoms with Gasteiger partial charge in [0.25, 0.3) is 20.0 Å². The SMILES string of the molecule is CO[C@@H]1C[C@H](C[C@@H](C)[C@@H]2CC(=O)[C@H](C)/C=C(\C)[C@@H](O)[C@@H](OC)C(=O)[C@H](C)C[C@H](C)/C=C/C=C/C=C(\C)C(OCCO[C@@H]3CO[C@H]4[C@@H]3OC[C@@H]4O[Si](c3ccccc3)(c3ccccc3)C(C)(C)C)C[C@@H]3CC[C@@H](C)[C@@](O)(O3)C(=O)C(=O)N3CCCC[C@H]3C(=O)O2)CC[C@H]1O. The topological polar surface area (TPSA) is 232 Å². The van der Waals surface area contributed by atoms with E-state index in [1.54, 1.807) is 34.0 Å². The van der Waals surface area contributed by atoms with Crippen LogP contribution in [-0.4, -0.2) is 184 Å². The van der Waals surface area contributed by atoms with E-state index < -0.39 is 98.3 Å². The van der Waals surface area contributed by atoms with Crippen LogP contribution in [0.5, 0.6) is 0 Å². The van der Waals surface area contributed by atoms with Crippen molar-refractivity contribution >= 4 is 47.9 Å². The molecular weight excluding hydrogens is 1200 g/mol. The second-order valence-electron chi connectivity index (χ2n) is 28.6. The van der Waals surface area contributed by atoms with E-state index in [9.17, 15) is 39.3 Å². The molecule has 5 fully saturated rings. The highest BCUT2D eigenvalue weighted by molar-refractivity contribution is 6.99.